The van der Waals surface area contributed by atoms with Crippen LogP contribution >= 0.6 is 0 Å². The van der Waals surface area contributed by atoms with Crippen molar-refractivity contribution in [2.24, 2.45) is 11.1 Å². The van der Waals surface area contributed by atoms with E-state index in [2.05, 4.69) is 0 Å². The van der Waals surface area contributed by atoms with Crippen LogP contribution in [0.2, 0.25) is 0 Å². The highest BCUT2D eigenvalue weighted by atomic mass is 32.2. The summed E-state index contributed by atoms with van der Waals surface area (Å²) in [7, 11) is -2.81. The maximum Gasteiger partial charge on any atom is 0.298 e. The van der Waals surface area contributed by atoms with Gasteiger partial charge in [0.2, 0.25) is 0 Å². The Hall–Kier alpha value is -2.11. The summed E-state index contributed by atoms with van der Waals surface area (Å²) in [6.07, 6.45) is -1.38. The molecule has 26 heavy (non-hydrogen) atoms. The number of carbonyl (C=O) groups is 2. The number of nitrogens with two attached hydrogens (primary N) is 1. The molecule has 0 saturated heterocycles. The van der Waals surface area contributed by atoms with Gasteiger partial charge in [-0.1, -0.05) is 26.7 Å². The Morgan fingerprint density at radius 1 is 1.08 bits per heavy atom. The van der Waals surface area contributed by atoms with Crippen LogP contribution in [0.15, 0.2) is 29.2 Å². The number of halogens is 2. The largest absolute Gasteiger partial charge is 0.302 e. The number of carbonyl (C=O) groups excluding carboxylic acids is 2. The molecule has 1 saturated carbocycles. The molecule has 0 aromatic heterocycles. The van der Waals surface area contributed by atoms with E-state index < -0.39 is 45.9 Å². The monoisotopic (exact) mass is 391 g/mol. The Morgan fingerprint density at radius 3 is 1.88 bits per heavy atom. The zero-order valence-electron chi connectivity index (χ0n) is 14.4. The van der Waals surface area contributed by atoms with Crippen molar-refractivity contribution >= 4 is 21.9 Å². The fourth-order valence-corrected chi connectivity index (χ4v) is 4.10. The number of hydrogen-bond acceptors (Lipinski definition) is 6. The first-order valence-corrected chi connectivity index (χ1v) is 8.93. The molecule has 0 spiro atoms. The third-order valence-corrected chi connectivity index (χ3v) is 5.57. The van der Waals surface area contributed by atoms with Crippen molar-refractivity contribution in [1.29, 1.82) is 0 Å². The minimum atomic E-state index is -4.30. The van der Waals surface area contributed by atoms with Crippen molar-refractivity contribution in [2.75, 3.05) is 14.1 Å². The minimum absolute atomic E-state index is 0.173. The molecule has 11 heteroatoms. The molecule has 0 radical (unpaired) electrons. The second kappa shape index (κ2) is 6.56. The lowest BCUT2D eigenvalue weighted by atomic mass is 9.62. The quantitative estimate of drug-likeness (QED) is 0.344. The van der Waals surface area contributed by atoms with E-state index in [1.54, 1.807) is 19.1 Å². The first-order chi connectivity index (χ1) is 11.8. The molecule has 1 aliphatic rings. The SMILES string of the molecule is Cc1ccc(S(=O)(=O)OC2(N)CC(C(=O)N(C)F)(C(=O)N(C)F)C2)cc1. The number of hydrogen-bond donors (Lipinski definition) is 1. The van der Waals surface area contributed by atoms with Crippen molar-refractivity contribution < 1.29 is 31.2 Å². The Bertz CT molecular complexity index is 796. The van der Waals surface area contributed by atoms with E-state index in [1.165, 1.54) is 12.1 Å². The molecule has 0 atom stereocenters. The fourth-order valence-electron chi connectivity index (χ4n) is 2.98. The van der Waals surface area contributed by atoms with E-state index in [9.17, 15) is 27.0 Å². The van der Waals surface area contributed by atoms with Gasteiger partial charge in [-0.15, -0.1) is 0 Å². The molecule has 2 amide bonds. The van der Waals surface area contributed by atoms with Crippen molar-refractivity contribution in [3.8, 4) is 0 Å². The van der Waals surface area contributed by atoms with Crippen LogP contribution in [0.1, 0.15) is 18.4 Å². The third-order valence-electron chi connectivity index (χ3n) is 4.17. The summed E-state index contributed by atoms with van der Waals surface area (Å²) in [5.74, 6) is -2.66. The number of aryl methyl sites for hydroxylation is 1. The zero-order valence-corrected chi connectivity index (χ0v) is 15.2. The summed E-state index contributed by atoms with van der Waals surface area (Å²) >= 11 is 0. The molecular weight excluding hydrogens is 372 g/mol. The van der Waals surface area contributed by atoms with Crippen LogP contribution in [-0.2, 0) is 23.9 Å². The van der Waals surface area contributed by atoms with Crippen LogP contribution in [0, 0.1) is 12.3 Å². The van der Waals surface area contributed by atoms with Gasteiger partial charge in [-0.3, -0.25) is 9.59 Å². The molecule has 144 valence electrons. The Balaban J connectivity index is 2.26. The summed E-state index contributed by atoms with van der Waals surface area (Å²) in [5.41, 5.74) is 2.54. The Morgan fingerprint density at radius 2 is 1.50 bits per heavy atom. The highest BCUT2D eigenvalue weighted by molar-refractivity contribution is 7.86. The zero-order chi connectivity index (χ0) is 19.9. The van der Waals surface area contributed by atoms with Crippen LogP contribution < -0.4 is 5.73 Å². The van der Waals surface area contributed by atoms with Crippen LogP contribution in [0.4, 0.5) is 8.96 Å². The van der Waals surface area contributed by atoms with E-state index >= 15 is 0 Å². The summed E-state index contributed by atoms with van der Waals surface area (Å²) in [4.78, 5) is 23.9. The van der Waals surface area contributed by atoms with Gasteiger partial charge in [0.1, 0.15) is 11.1 Å². The number of rotatable bonds is 5. The molecule has 1 aromatic rings. The second-order valence-corrected chi connectivity index (χ2v) is 7.96. The molecule has 0 aliphatic heterocycles. The van der Waals surface area contributed by atoms with E-state index in [1.807, 2.05) is 0 Å². The maximum absolute atomic E-state index is 13.3. The minimum Gasteiger partial charge on any atom is -0.302 e. The first kappa shape index (κ1) is 20.2. The van der Waals surface area contributed by atoms with Gasteiger partial charge in [-0.2, -0.15) is 18.7 Å². The normalized spacial score (nSPS) is 17.9. The molecule has 2 N–H and O–H groups in total. The third kappa shape index (κ3) is 3.55. The number of benzene rings is 1. The van der Waals surface area contributed by atoms with Gasteiger partial charge >= 0.3 is 0 Å². The standard InChI is InChI=1S/C15H19F2N3O5S/c1-10-4-6-11(7-5-10)26(23,24)25-15(18)8-14(9-15,12(21)19(2)16)13(22)20(3)17/h4-7H,8-9,18H2,1-3H3. The molecular formula is C15H19F2N3O5S. The van der Waals surface area contributed by atoms with Crippen LogP contribution in [-0.4, -0.2) is 50.3 Å². The summed E-state index contributed by atoms with van der Waals surface area (Å²) in [6, 6.07) is 5.71. The molecule has 0 bridgehead atoms. The number of amides is 2. The van der Waals surface area contributed by atoms with Gasteiger partial charge in [0.05, 0.1) is 4.90 Å². The van der Waals surface area contributed by atoms with Crippen molar-refractivity contribution in [3.63, 3.8) is 0 Å². The summed E-state index contributed by atoms with van der Waals surface area (Å²) in [6.45, 7) is 1.76. The predicted molar refractivity (Wildman–Crippen MR) is 85.8 cm³/mol. The molecule has 1 aromatic carbocycles. The predicted octanol–water partition coefficient (Wildman–Crippen LogP) is 0.821. The van der Waals surface area contributed by atoms with Crippen LogP contribution in [0.5, 0.6) is 0 Å². The highest BCUT2D eigenvalue weighted by Gasteiger charge is 2.66. The summed E-state index contributed by atoms with van der Waals surface area (Å²) in [5, 5.41) is -0.731. The average Bonchev–Trinajstić information content (AvgIpc) is 2.50. The van der Waals surface area contributed by atoms with Gasteiger partial charge in [0.15, 0.2) is 0 Å². The lowest BCUT2D eigenvalue weighted by Crippen LogP contribution is -2.68. The van der Waals surface area contributed by atoms with E-state index in [4.69, 9.17) is 9.92 Å². The van der Waals surface area contributed by atoms with Gasteiger partial charge in [-0.05, 0) is 19.1 Å². The van der Waals surface area contributed by atoms with Gasteiger partial charge < -0.3 is 5.73 Å². The molecule has 0 heterocycles. The van der Waals surface area contributed by atoms with Gasteiger partial charge in [0.25, 0.3) is 21.9 Å². The van der Waals surface area contributed by atoms with E-state index in [-0.39, 0.29) is 15.1 Å². The van der Waals surface area contributed by atoms with E-state index in [0.717, 1.165) is 19.7 Å². The molecule has 8 nitrogen and oxygen atoms in total. The lowest BCUT2D eigenvalue weighted by molar-refractivity contribution is -0.196. The number of nitrogens with zero attached hydrogens (tertiary/aromatic N) is 2. The van der Waals surface area contributed by atoms with Gasteiger partial charge in [-0.25, -0.2) is 4.18 Å². The fraction of sp³-hybridized carbons (Fsp3) is 0.467. The molecule has 1 fully saturated rings. The maximum atomic E-state index is 13.3. The highest BCUT2D eigenvalue weighted by Crippen LogP contribution is 2.51. The summed E-state index contributed by atoms with van der Waals surface area (Å²) < 4.78 is 56.3. The van der Waals surface area contributed by atoms with Crippen LogP contribution in [0.3, 0.4) is 0 Å². The van der Waals surface area contributed by atoms with Crippen molar-refractivity contribution in [3.05, 3.63) is 29.8 Å². The Labute approximate surface area is 149 Å². The molecule has 1 aliphatic carbocycles. The molecule has 0 unspecified atom stereocenters. The van der Waals surface area contributed by atoms with Crippen LogP contribution in [0.25, 0.3) is 0 Å². The Kier molecular flexibility index (Phi) is 5.10. The van der Waals surface area contributed by atoms with Gasteiger partial charge in [0, 0.05) is 26.9 Å². The van der Waals surface area contributed by atoms with Crippen molar-refractivity contribution in [2.45, 2.75) is 30.4 Å². The molecule has 2 rings (SSSR count). The van der Waals surface area contributed by atoms with E-state index in [0.29, 0.717) is 0 Å². The average molecular weight is 391 g/mol. The topological polar surface area (TPSA) is 110 Å². The first-order valence-electron chi connectivity index (χ1n) is 7.52. The smallest absolute Gasteiger partial charge is 0.298 e. The van der Waals surface area contributed by atoms with Crippen molar-refractivity contribution in [1.82, 2.24) is 10.2 Å². The second-order valence-electron chi connectivity index (χ2n) is 6.42. The lowest BCUT2D eigenvalue weighted by Gasteiger charge is -2.50.